The minimum atomic E-state index is -0.317. The van der Waals surface area contributed by atoms with Crippen LogP contribution < -0.4 is 20.4 Å². The normalized spacial score (nSPS) is 10.9. The lowest BCUT2D eigenvalue weighted by atomic mass is 10.2. The van der Waals surface area contributed by atoms with Crippen LogP contribution in [0.25, 0.3) is 0 Å². The molecule has 3 rings (SSSR count). The molecular weight excluding hydrogens is 615 g/mol. The third-order valence-corrected chi connectivity index (χ3v) is 5.16. The summed E-state index contributed by atoms with van der Waals surface area (Å²) in [5.41, 5.74) is 4.31. The topological polar surface area (TPSA) is 87.6 Å². The van der Waals surface area contributed by atoms with E-state index in [1.807, 2.05) is 26.2 Å². The fraction of sp³-hybridized carbons (Fsp3) is 0.158. The highest BCUT2D eigenvalue weighted by atomic mass is 127. The molecular formula is C19H18FI2N7O. The molecule has 0 aliphatic heterocycles. The zero-order chi connectivity index (χ0) is 21.7. The van der Waals surface area contributed by atoms with Crippen LogP contribution in [0, 0.1) is 13.0 Å². The molecule has 0 radical (unpaired) electrons. The number of hydrogen-bond donors (Lipinski definition) is 2. The fourth-order valence-corrected chi connectivity index (χ4v) is 4.49. The van der Waals surface area contributed by atoms with E-state index in [0.717, 1.165) is 18.5 Å². The first-order valence-electron chi connectivity index (χ1n) is 8.64. The summed E-state index contributed by atoms with van der Waals surface area (Å²) >= 11 is 4.46. The van der Waals surface area contributed by atoms with Gasteiger partial charge in [-0.1, -0.05) is 0 Å². The van der Waals surface area contributed by atoms with E-state index < -0.39 is 0 Å². The van der Waals surface area contributed by atoms with Crippen molar-refractivity contribution in [3.63, 3.8) is 0 Å². The molecule has 0 aliphatic carbocycles. The number of rotatable bonds is 7. The van der Waals surface area contributed by atoms with Crippen LogP contribution in [0.2, 0.25) is 0 Å². The van der Waals surface area contributed by atoms with Crippen molar-refractivity contribution in [3.05, 3.63) is 54.9 Å². The molecule has 0 unspecified atom stereocenters. The number of nitrogens with zero attached hydrogens (tertiary/aromatic N) is 5. The molecule has 156 valence electrons. The number of nitrogens with one attached hydrogen (secondary N) is 2. The van der Waals surface area contributed by atoms with Crippen LogP contribution in [0.1, 0.15) is 5.56 Å². The molecule has 0 fully saturated rings. The first-order valence-corrected chi connectivity index (χ1v) is 10.8. The summed E-state index contributed by atoms with van der Waals surface area (Å²) < 4.78 is 20.7. The van der Waals surface area contributed by atoms with Crippen molar-refractivity contribution in [1.29, 1.82) is 0 Å². The summed E-state index contributed by atoms with van der Waals surface area (Å²) in [6.45, 7) is 0. The molecule has 1 heterocycles. The summed E-state index contributed by atoms with van der Waals surface area (Å²) in [5, 5.41) is 7.29. The van der Waals surface area contributed by atoms with Crippen LogP contribution in [-0.2, 0) is 0 Å². The molecule has 0 spiro atoms. The highest BCUT2D eigenvalue weighted by molar-refractivity contribution is 14.1. The van der Waals surface area contributed by atoms with Crippen LogP contribution in [0.4, 0.5) is 27.9 Å². The van der Waals surface area contributed by atoms with E-state index in [9.17, 15) is 4.39 Å². The van der Waals surface area contributed by atoms with Crippen molar-refractivity contribution in [2.45, 2.75) is 0 Å². The minimum Gasteiger partial charge on any atom is -0.495 e. The Kier molecular flexibility index (Phi) is 7.58. The molecule has 0 bridgehead atoms. The Morgan fingerprint density at radius 1 is 1.07 bits per heavy atom. The van der Waals surface area contributed by atoms with Crippen LogP contribution >= 0.6 is 45.2 Å². The van der Waals surface area contributed by atoms with Crippen molar-refractivity contribution < 1.29 is 9.13 Å². The van der Waals surface area contributed by atoms with Crippen molar-refractivity contribution in [2.24, 2.45) is 5.10 Å². The van der Waals surface area contributed by atoms with E-state index in [-0.39, 0.29) is 11.8 Å². The highest BCUT2D eigenvalue weighted by Crippen LogP contribution is 2.27. The van der Waals surface area contributed by atoms with E-state index in [4.69, 9.17) is 4.74 Å². The number of anilines is 4. The average molecular weight is 633 g/mol. The summed E-state index contributed by atoms with van der Waals surface area (Å²) in [4.78, 5) is 14.8. The smallest absolute Gasteiger partial charge is 0.250 e. The van der Waals surface area contributed by atoms with Gasteiger partial charge in [-0.05, 0) is 81.6 Å². The van der Waals surface area contributed by atoms with Gasteiger partial charge in [0.25, 0.3) is 0 Å². The van der Waals surface area contributed by atoms with Gasteiger partial charge in [0.1, 0.15) is 11.6 Å². The third kappa shape index (κ3) is 5.87. The predicted octanol–water partition coefficient (Wildman–Crippen LogP) is 4.48. The van der Waals surface area contributed by atoms with Crippen LogP contribution in [0.15, 0.2) is 41.5 Å². The van der Waals surface area contributed by atoms with E-state index >= 15 is 0 Å². The van der Waals surface area contributed by atoms with Gasteiger partial charge in [-0.3, -0.25) is 0 Å². The van der Waals surface area contributed by atoms with Gasteiger partial charge in [0.15, 0.2) is 0 Å². The Labute approximate surface area is 200 Å². The van der Waals surface area contributed by atoms with Gasteiger partial charge >= 0.3 is 0 Å². The van der Waals surface area contributed by atoms with Crippen molar-refractivity contribution in [3.8, 4) is 5.75 Å². The molecule has 2 aromatic carbocycles. The minimum absolute atomic E-state index is 0.258. The number of benzene rings is 2. The molecule has 1 aromatic heterocycles. The maximum atomic E-state index is 13.1. The SMILES string of the molecule is COc1c(I)cc(I)cc1/C=N\Nc1nc(Nc2ccc(F)cc2)nc(N(C)C)n1. The summed E-state index contributed by atoms with van der Waals surface area (Å²) in [6, 6.07) is 9.90. The highest BCUT2D eigenvalue weighted by Gasteiger charge is 2.10. The van der Waals surface area contributed by atoms with Gasteiger partial charge in [0, 0.05) is 28.9 Å². The van der Waals surface area contributed by atoms with Crippen molar-refractivity contribution >= 4 is 74.9 Å². The van der Waals surface area contributed by atoms with Crippen molar-refractivity contribution in [1.82, 2.24) is 15.0 Å². The quantitative estimate of drug-likeness (QED) is 0.226. The molecule has 0 amide bonds. The van der Waals surface area contributed by atoms with E-state index in [1.54, 1.807) is 30.4 Å². The summed E-state index contributed by atoms with van der Waals surface area (Å²) in [6.07, 6.45) is 1.65. The molecule has 3 aromatic rings. The largest absolute Gasteiger partial charge is 0.495 e. The standard InChI is InChI=1S/C19H18FI2N7O/c1-29(2)19-26-17(24-14-6-4-12(20)5-7-14)25-18(27-19)28-23-10-11-8-13(21)9-15(22)16(11)30-3/h4-10H,1-3H3,(H2,24,25,26,27,28)/b23-10-. The van der Waals surface area contributed by atoms with Gasteiger partial charge in [-0.25, -0.2) is 9.82 Å². The Balaban J connectivity index is 1.84. The monoisotopic (exact) mass is 633 g/mol. The van der Waals surface area contributed by atoms with Gasteiger partial charge in [-0.15, -0.1) is 0 Å². The molecule has 0 aliphatic rings. The fourth-order valence-electron chi connectivity index (χ4n) is 2.38. The molecule has 2 N–H and O–H groups in total. The number of halogens is 3. The first-order chi connectivity index (χ1) is 14.4. The zero-order valence-corrected chi connectivity index (χ0v) is 20.6. The van der Waals surface area contributed by atoms with Crippen molar-refractivity contribution in [2.75, 3.05) is 36.8 Å². The maximum absolute atomic E-state index is 13.1. The third-order valence-electron chi connectivity index (χ3n) is 3.73. The predicted molar refractivity (Wildman–Crippen MR) is 133 cm³/mol. The maximum Gasteiger partial charge on any atom is 0.250 e. The van der Waals surface area contributed by atoms with E-state index in [0.29, 0.717) is 17.6 Å². The average Bonchev–Trinajstić information content (AvgIpc) is 2.69. The second-order valence-electron chi connectivity index (χ2n) is 6.19. The number of ether oxygens (including phenoxy) is 1. The van der Waals surface area contributed by atoms with Crippen LogP contribution in [0.3, 0.4) is 0 Å². The first kappa shape index (κ1) is 22.4. The Morgan fingerprint density at radius 2 is 1.77 bits per heavy atom. The zero-order valence-electron chi connectivity index (χ0n) is 16.3. The number of hydrazone groups is 1. The van der Waals surface area contributed by atoms with Gasteiger partial charge in [0.2, 0.25) is 17.8 Å². The molecule has 11 heteroatoms. The Morgan fingerprint density at radius 3 is 2.43 bits per heavy atom. The summed E-state index contributed by atoms with van der Waals surface area (Å²) in [5.74, 6) is 1.43. The molecule has 0 atom stereocenters. The van der Waals surface area contributed by atoms with Gasteiger partial charge in [-0.2, -0.15) is 20.1 Å². The summed E-state index contributed by atoms with van der Waals surface area (Å²) in [7, 11) is 5.27. The molecule has 30 heavy (non-hydrogen) atoms. The number of aromatic nitrogens is 3. The Hall–Kier alpha value is -2.29. The second-order valence-corrected chi connectivity index (χ2v) is 8.60. The lowest BCUT2D eigenvalue weighted by Gasteiger charge is -2.13. The number of methoxy groups -OCH3 is 1. The van der Waals surface area contributed by atoms with Crippen LogP contribution in [0.5, 0.6) is 5.75 Å². The Bertz CT molecular complexity index is 1060. The number of hydrogen-bond acceptors (Lipinski definition) is 8. The van der Waals surface area contributed by atoms with Gasteiger partial charge in [0.05, 0.1) is 16.9 Å². The molecule has 0 saturated carbocycles. The molecule has 0 saturated heterocycles. The lowest BCUT2D eigenvalue weighted by Crippen LogP contribution is -2.15. The van der Waals surface area contributed by atoms with E-state index in [2.05, 4.69) is 76.0 Å². The van der Waals surface area contributed by atoms with Gasteiger partial charge < -0.3 is 15.0 Å². The second kappa shape index (κ2) is 10.1. The lowest BCUT2D eigenvalue weighted by molar-refractivity contribution is 0.411. The van der Waals surface area contributed by atoms with Crippen LogP contribution in [-0.4, -0.2) is 42.4 Å². The molecule has 8 nitrogen and oxygen atoms in total. The van der Waals surface area contributed by atoms with E-state index in [1.165, 1.54) is 12.1 Å².